The van der Waals surface area contributed by atoms with Crippen molar-refractivity contribution in [1.82, 2.24) is 14.3 Å². The average Bonchev–Trinajstić information content (AvgIpc) is 3.58. The molecule has 1 aliphatic heterocycles. The SMILES string of the molecule is COc1cc(F)c(-c2c(NC(=O)c3ccc(OC(F)F)cc3)c(=O)n(-c3cc(C)cc(OCC4CCOC4)n3)n2C)c(F)c1. The van der Waals surface area contributed by atoms with Gasteiger partial charge in [0.2, 0.25) is 5.88 Å². The lowest BCUT2D eigenvalue weighted by Crippen LogP contribution is -2.24. The van der Waals surface area contributed by atoms with Gasteiger partial charge in [0.25, 0.3) is 11.5 Å². The monoisotopic (exact) mass is 616 g/mol. The lowest BCUT2D eigenvalue weighted by Gasteiger charge is -2.14. The molecule has 0 spiro atoms. The van der Waals surface area contributed by atoms with Crippen molar-refractivity contribution in [3.05, 3.63) is 81.6 Å². The van der Waals surface area contributed by atoms with Gasteiger partial charge in [-0.05, 0) is 49.2 Å². The molecule has 1 saturated heterocycles. The number of aromatic nitrogens is 3. The van der Waals surface area contributed by atoms with Crippen molar-refractivity contribution in [3.63, 3.8) is 0 Å². The molecule has 5 rings (SSSR count). The number of anilines is 1. The summed E-state index contributed by atoms with van der Waals surface area (Å²) in [5.74, 6) is -2.77. The lowest BCUT2D eigenvalue weighted by atomic mass is 10.1. The topological polar surface area (TPSA) is 106 Å². The van der Waals surface area contributed by atoms with Gasteiger partial charge >= 0.3 is 6.61 Å². The van der Waals surface area contributed by atoms with Crippen molar-refractivity contribution in [2.24, 2.45) is 13.0 Å². The average molecular weight is 617 g/mol. The molecule has 1 amide bonds. The van der Waals surface area contributed by atoms with E-state index in [4.69, 9.17) is 14.2 Å². The number of hydrogen-bond acceptors (Lipinski definition) is 7. The van der Waals surface area contributed by atoms with Crippen LogP contribution in [0.4, 0.5) is 23.2 Å². The van der Waals surface area contributed by atoms with Gasteiger partial charge in [0, 0.05) is 43.3 Å². The second kappa shape index (κ2) is 12.8. The van der Waals surface area contributed by atoms with Crippen LogP contribution in [0.25, 0.3) is 17.1 Å². The number of carbonyl (C=O) groups excluding carboxylic acids is 1. The largest absolute Gasteiger partial charge is 0.497 e. The van der Waals surface area contributed by atoms with Crippen LogP contribution in [0.15, 0.2) is 53.3 Å². The minimum Gasteiger partial charge on any atom is -0.497 e. The molecule has 1 atom stereocenters. The highest BCUT2D eigenvalue weighted by atomic mass is 19.3. The summed E-state index contributed by atoms with van der Waals surface area (Å²) in [7, 11) is 2.62. The van der Waals surface area contributed by atoms with E-state index in [-0.39, 0.29) is 40.4 Å². The molecule has 0 radical (unpaired) electrons. The molecule has 3 heterocycles. The van der Waals surface area contributed by atoms with Gasteiger partial charge in [-0.1, -0.05) is 0 Å². The van der Waals surface area contributed by atoms with Crippen molar-refractivity contribution in [1.29, 1.82) is 0 Å². The normalized spacial score (nSPS) is 14.6. The molecule has 44 heavy (non-hydrogen) atoms. The maximum Gasteiger partial charge on any atom is 0.387 e. The van der Waals surface area contributed by atoms with Crippen LogP contribution in [0, 0.1) is 24.5 Å². The molecule has 0 saturated carbocycles. The number of pyridine rings is 1. The van der Waals surface area contributed by atoms with Crippen molar-refractivity contribution in [2.75, 3.05) is 32.2 Å². The van der Waals surface area contributed by atoms with Gasteiger partial charge in [-0.3, -0.25) is 14.3 Å². The van der Waals surface area contributed by atoms with E-state index in [9.17, 15) is 18.4 Å². The quantitative estimate of drug-likeness (QED) is 0.247. The number of nitrogens with zero attached hydrogens (tertiary/aromatic N) is 3. The van der Waals surface area contributed by atoms with Gasteiger partial charge in [0.15, 0.2) is 5.82 Å². The first kappa shape index (κ1) is 30.6. The fraction of sp³-hybridized carbons (Fsp3) is 0.300. The molecule has 10 nitrogen and oxygen atoms in total. The zero-order valence-electron chi connectivity index (χ0n) is 23.9. The Labute approximate surface area is 248 Å². The van der Waals surface area contributed by atoms with E-state index < -0.39 is 41.0 Å². The molecule has 0 aliphatic carbocycles. The highest BCUT2D eigenvalue weighted by Gasteiger charge is 2.28. The Morgan fingerprint density at radius 1 is 1.11 bits per heavy atom. The number of methoxy groups -OCH3 is 1. The summed E-state index contributed by atoms with van der Waals surface area (Å²) in [6.45, 7) is 0.241. The van der Waals surface area contributed by atoms with Crippen LogP contribution < -0.4 is 25.1 Å². The molecule has 4 aromatic rings. The number of carbonyl (C=O) groups is 1. The molecule has 1 N–H and O–H groups in total. The predicted molar refractivity (Wildman–Crippen MR) is 151 cm³/mol. The summed E-state index contributed by atoms with van der Waals surface area (Å²) in [5.41, 5.74) is -1.57. The van der Waals surface area contributed by atoms with Gasteiger partial charge in [-0.25, -0.2) is 8.78 Å². The van der Waals surface area contributed by atoms with Gasteiger partial charge in [-0.15, -0.1) is 0 Å². The minimum atomic E-state index is -3.06. The van der Waals surface area contributed by atoms with E-state index in [0.29, 0.717) is 25.4 Å². The third-order valence-electron chi connectivity index (χ3n) is 6.98. The van der Waals surface area contributed by atoms with Crippen LogP contribution in [0.3, 0.4) is 0 Å². The number of aryl methyl sites for hydroxylation is 1. The third-order valence-corrected chi connectivity index (χ3v) is 6.98. The summed E-state index contributed by atoms with van der Waals surface area (Å²) in [4.78, 5) is 31.6. The second-order valence-electron chi connectivity index (χ2n) is 10.1. The van der Waals surface area contributed by atoms with Crippen molar-refractivity contribution in [3.8, 4) is 34.5 Å². The van der Waals surface area contributed by atoms with Crippen molar-refractivity contribution >= 4 is 11.6 Å². The number of halogens is 4. The molecular weight excluding hydrogens is 588 g/mol. The van der Waals surface area contributed by atoms with Gasteiger partial charge in [-0.2, -0.15) is 18.4 Å². The number of alkyl halides is 2. The Bertz CT molecular complexity index is 1710. The summed E-state index contributed by atoms with van der Waals surface area (Å²) in [5, 5.41) is 2.44. The molecule has 232 valence electrons. The molecule has 0 bridgehead atoms. The highest BCUT2D eigenvalue weighted by molar-refractivity contribution is 6.06. The number of ether oxygens (including phenoxy) is 4. The van der Waals surface area contributed by atoms with E-state index in [1.807, 2.05) is 0 Å². The molecular formula is C30H28F4N4O6. The van der Waals surface area contributed by atoms with Crippen molar-refractivity contribution in [2.45, 2.75) is 20.0 Å². The van der Waals surface area contributed by atoms with E-state index in [1.165, 1.54) is 31.0 Å². The van der Waals surface area contributed by atoms with Crippen LogP contribution >= 0.6 is 0 Å². The predicted octanol–water partition coefficient (Wildman–Crippen LogP) is 5.10. The highest BCUT2D eigenvalue weighted by Crippen LogP contribution is 2.34. The first-order valence-electron chi connectivity index (χ1n) is 13.5. The number of rotatable bonds is 10. The zero-order chi connectivity index (χ0) is 31.5. The smallest absolute Gasteiger partial charge is 0.387 e. The fourth-order valence-electron chi connectivity index (χ4n) is 4.85. The van der Waals surface area contributed by atoms with E-state index in [0.717, 1.165) is 35.4 Å². The van der Waals surface area contributed by atoms with Crippen LogP contribution in [-0.2, 0) is 11.8 Å². The summed E-state index contributed by atoms with van der Waals surface area (Å²) in [6, 6.07) is 9.82. The number of nitrogens with one attached hydrogen (secondary N) is 1. The third kappa shape index (κ3) is 6.39. The van der Waals surface area contributed by atoms with Crippen LogP contribution in [-0.4, -0.2) is 53.8 Å². The standard InChI is InChI=1S/C30H28F4N4O6/c1-16-10-23(35-24(11-16)43-15-17-8-9-42-14-17)38-29(40)26(36-28(39)18-4-6-19(7-5-18)44-30(33)34)27(37(38)2)25-21(31)12-20(41-3)13-22(25)32/h4-7,10-13,17,30H,8-9,14-15H2,1-3H3,(H,36,39). The van der Waals surface area contributed by atoms with Crippen LogP contribution in [0.5, 0.6) is 17.4 Å². The Balaban J connectivity index is 1.60. The molecule has 1 fully saturated rings. The van der Waals surface area contributed by atoms with E-state index in [1.54, 1.807) is 19.1 Å². The van der Waals surface area contributed by atoms with Crippen LogP contribution in [0.2, 0.25) is 0 Å². The summed E-state index contributed by atoms with van der Waals surface area (Å²) >= 11 is 0. The Morgan fingerprint density at radius 3 is 2.43 bits per heavy atom. The molecule has 14 heteroatoms. The Morgan fingerprint density at radius 2 is 1.82 bits per heavy atom. The minimum absolute atomic E-state index is 0.0386. The van der Waals surface area contributed by atoms with Gasteiger partial charge in [0.1, 0.15) is 34.5 Å². The fourth-order valence-corrected chi connectivity index (χ4v) is 4.85. The Kier molecular flexibility index (Phi) is 8.90. The van der Waals surface area contributed by atoms with E-state index in [2.05, 4.69) is 15.0 Å². The molecule has 2 aromatic carbocycles. The number of amides is 1. The van der Waals surface area contributed by atoms with Crippen molar-refractivity contribution < 1.29 is 41.3 Å². The molecule has 1 unspecified atom stereocenters. The van der Waals surface area contributed by atoms with Crippen LogP contribution in [0.1, 0.15) is 22.3 Å². The molecule has 1 aliphatic rings. The second-order valence-corrected chi connectivity index (χ2v) is 10.1. The maximum atomic E-state index is 15.4. The lowest BCUT2D eigenvalue weighted by molar-refractivity contribution is -0.0498. The van der Waals surface area contributed by atoms with E-state index >= 15 is 8.78 Å². The number of benzene rings is 2. The summed E-state index contributed by atoms with van der Waals surface area (Å²) < 4.78 is 78.6. The van der Waals surface area contributed by atoms with Gasteiger partial charge < -0.3 is 24.3 Å². The summed E-state index contributed by atoms with van der Waals surface area (Å²) in [6.07, 6.45) is 0.837. The maximum absolute atomic E-state index is 15.4. The first-order chi connectivity index (χ1) is 21.0. The number of hydrogen-bond donors (Lipinski definition) is 1. The zero-order valence-corrected chi connectivity index (χ0v) is 23.9. The van der Waals surface area contributed by atoms with Gasteiger partial charge in [0.05, 0.1) is 25.9 Å². The molecule has 2 aromatic heterocycles. The Hall–Kier alpha value is -4.85. The first-order valence-corrected chi connectivity index (χ1v) is 13.5.